The molecule has 0 saturated heterocycles. The van der Waals surface area contributed by atoms with Crippen molar-refractivity contribution in [1.82, 2.24) is 15.1 Å². The lowest BCUT2D eigenvalue weighted by Gasteiger charge is -2.33. The molecule has 0 spiro atoms. The van der Waals surface area contributed by atoms with E-state index in [0.717, 1.165) is 6.20 Å². The Hall–Kier alpha value is -2.88. The van der Waals surface area contributed by atoms with Crippen LogP contribution in [0.1, 0.15) is 39.7 Å². The van der Waals surface area contributed by atoms with Gasteiger partial charge in [0.25, 0.3) is 5.78 Å². The highest BCUT2D eigenvalue weighted by atomic mass is 35.5. The highest BCUT2D eigenvalue weighted by molar-refractivity contribution is 6.30. The van der Waals surface area contributed by atoms with Crippen LogP contribution < -0.4 is 5.32 Å². The number of rotatable bonds is 9. The van der Waals surface area contributed by atoms with Gasteiger partial charge in [-0.1, -0.05) is 43.7 Å². The number of carbonyl (C=O) groups is 3. The summed E-state index contributed by atoms with van der Waals surface area (Å²) in [5.74, 6) is -4.44. The molecule has 0 radical (unpaired) electrons. The second kappa shape index (κ2) is 11.7. The van der Waals surface area contributed by atoms with E-state index in [9.17, 15) is 31.9 Å². The first-order valence-corrected chi connectivity index (χ1v) is 11.4. The highest BCUT2D eigenvalue weighted by Gasteiger charge is 2.43. The number of hydrogen-bond donors (Lipinski definition) is 1. The van der Waals surface area contributed by atoms with Crippen molar-refractivity contribution in [3.63, 3.8) is 0 Å². The minimum Gasteiger partial charge on any atom is -0.350 e. The standard InChI is InChI=1S/C24H28ClF4N3O3/c1-5-17-9-15(4)18(23(35)24(27,28)29)11-31(17)13-21(34)32(14(2)3)12-20(33)30-10-16-7-6-8-19(25)22(16)26/h6-9,11,14-15H,5,10,12-13H2,1-4H3,(H,30,33). The summed E-state index contributed by atoms with van der Waals surface area (Å²) in [6.45, 7) is 5.81. The number of Topliss-reactive ketones (excluding diaryl/α,β-unsaturated/α-hetero) is 1. The SMILES string of the molecule is CCC1=CC(C)C(C(=O)C(F)(F)F)=CN1CC(=O)N(CC(=O)NCc1cccc(Cl)c1F)C(C)C. The third-order valence-corrected chi connectivity index (χ3v) is 5.84. The quantitative estimate of drug-likeness (QED) is 0.486. The second-order valence-corrected chi connectivity index (χ2v) is 8.85. The van der Waals surface area contributed by atoms with Gasteiger partial charge < -0.3 is 15.1 Å². The molecule has 0 saturated carbocycles. The predicted molar refractivity (Wildman–Crippen MR) is 123 cm³/mol. The zero-order valence-corrected chi connectivity index (χ0v) is 20.6. The number of allylic oxidation sites excluding steroid dienone is 3. The third-order valence-electron chi connectivity index (χ3n) is 5.55. The van der Waals surface area contributed by atoms with Crippen LogP contribution in [0.4, 0.5) is 17.6 Å². The fourth-order valence-electron chi connectivity index (χ4n) is 3.62. The third kappa shape index (κ3) is 7.30. The Morgan fingerprint density at radius 1 is 1.23 bits per heavy atom. The molecule has 1 aliphatic rings. The Morgan fingerprint density at radius 3 is 2.46 bits per heavy atom. The van der Waals surface area contributed by atoms with E-state index >= 15 is 0 Å². The number of nitrogens with one attached hydrogen (secondary N) is 1. The molecule has 0 aliphatic carbocycles. The molecule has 2 amide bonds. The minimum atomic E-state index is -5.03. The predicted octanol–water partition coefficient (Wildman–Crippen LogP) is 4.59. The maximum absolute atomic E-state index is 14.0. The van der Waals surface area contributed by atoms with E-state index in [1.54, 1.807) is 26.8 Å². The lowest BCUT2D eigenvalue weighted by molar-refractivity contribution is -0.167. The number of amides is 2. The Balaban J connectivity index is 2.13. The van der Waals surface area contributed by atoms with Crippen molar-refractivity contribution in [3.8, 4) is 0 Å². The van der Waals surface area contributed by atoms with Gasteiger partial charge in [-0.05, 0) is 26.3 Å². The Bertz CT molecular complexity index is 1040. The zero-order valence-electron chi connectivity index (χ0n) is 19.9. The summed E-state index contributed by atoms with van der Waals surface area (Å²) in [6, 6.07) is 3.98. The molecule has 1 aromatic carbocycles. The average molecular weight is 518 g/mol. The first kappa shape index (κ1) is 28.4. The van der Waals surface area contributed by atoms with Gasteiger partial charge in [-0.25, -0.2) is 4.39 Å². The first-order chi connectivity index (χ1) is 16.3. The Kier molecular flexibility index (Phi) is 9.48. The summed E-state index contributed by atoms with van der Waals surface area (Å²) in [7, 11) is 0. The van der Waals surface area contributed by atoms with Gasteiger partial charge in [-0.3, -0.25) is 14.4 Å². The molecular weight excluding hydrogens is 490 g/mol. The molecule has 1 aliphatic heterocycles. The van der Waals surface area contributed by atoms with Crippen molar-refractivity contribution in [2.24, 2.45) is 5.92 Å². The van der Waals surface area contributed by atoms with Crippen LogP contribution in [0, 0.1) is 11.7 Å². The van der Waals surface area contributed by atoms with Crippen LogP contribution in [0.5, 0.6) is 0 Å². The number of hydrogen-bond acceptors (Lipinski definition) is 4. The summed E-state index contributed by atoms with van der Waals surface area (Å²) < 4.78 is 53.1. The smallest absolute Gasteiger partial charge is 0.350 e. The lowest BCUT2D eigenvalue weighted by Crippen LogP contribution is -2.47. The molecule has 2 rings (SSSR count). The summed E-state index contributed by atoms with van der Waals surface area (Å²) in [4.78, 5) is 39.9. The van der Waals surface area contributed by atoms with Gasteiger partial charge in [0, 0.05) is 41.5 Å². The highest BCUT2D eigenvalue weighted by Crippen LogP contribution is 2.31. The monoisotopic (exact) mass is 517 g/mol. The van der Waals surface area contributed by atoms with E-state index in [1.807, 2.05) is 0 Å². The Labute approximate surface area is 206 Å². The van der Waals surface area contributed by atoms with Crippen LogP contribution in [-0.2, 0) is 20.9 Å². The van der Waals surface area contributed by atoms with Gasteiger partial charge >= 0.3 is 6.18 Å². The van der Waals surface area contributed by atoms with Crippen molar-refractivity contribution < 1.29 is 31.9 Å². The molecule has 1 atom stereocenters. The topological polar surface area (TPSA) is 69.7 Å². The normalized spacial score (nSPS) is 16.1. The van der Waals surface area contributed by atoms with E-state index in [-0.39, 0.29) is 30.2 Å². The zero-order chi connectivity index (χ0) is 26.5. The molecule has 0 aromatic heterocycles. The van der Waals surface area contributed by atoms with Gasteiger partial charge in [0.05, 0.1) is 11.6 Å². The van der Waals surface area contributed by atoms with Crippen molar-refractivity contribution >= 4 is 29.2 Å². The number of benzene rings is 1. The molecule has 192 valence electrons. The van der Waals surface area contributed by atoms with Crippen LogP contribution in [0.2, 0.25) is 5.02 Å². The van der Waals surface area contributed by atoms with Gasteiger partial charge in [0.1, 0.15) is 12.4 Å². The van der Waals surface area contributed by atoms with Gasteiger partial charge in [0.2, 0.25) is 11.8 Å². The molecule has 1 aromatic rings. The van der Waals surface area contributed by atoms with Crippen molar-refractivity contribution in [1.29, 1.82) is 0 Å². The fourth-order valence-corrected chi connectivity index (χ4v) is 3.82. The Morgan fingerprint density at radius 2 is 1.89 bits per heavy atom. The van der Waals surface area contributed by atoms with E-state index < -0.39 is 47.1 Å². The van der Waals surface area contributed by atoms with Gasteiger partial charge in [0.15, 0.2) is 0 Å². The summed E-state index contributed by atoms with van der Waals surface area (Å²) in [6.07, 6.45) is -2.01. The van der Waals surface area contributed by atoms with Gasteiger partial charge in [-0.15, -0.1) is 0 Å². The molecule has 6 nitrogen and oxygen atoms in total. The van der Waals surface area contributed by atoms with Gasteiger partial charge in [-0.2, -0.15) is 13.2 Å². The minimum absolute atomic E-state index is 0.0807. The fraction of sp³-hybridized carbons (Fsp3) is 0.458. The average Bonchev–Trinajstić information content (AvgIpc) is 2.77. The van der Waals surface area contributed by atoms with Crippen molar-refractivity contribution in [2.45, 2.75) is 52.9 Å². The van der Waals surface area contributed by atoms with Crippen LogP contribution >= 0.6 is 11.6 Å². The molecular formula is C24H28ClF4N3O3. The molecule has 11 heteroatoms. The number of halogens is 5. The summed E-state index contributed by atoms with van der Waals surface area (Å²) >= 11 is 5.74. The van der Waals surface area contributed by atoms with Crippen LogP contribution in [0.15, 0.2) is 41.7 Å². The van der Waals surface area contributed by atoms with Crippen molar-refractivity contribution in [3.05, 3.63) is 58.1 Å². The second-order valence-electron chi connectivity index (χ2n) is 8.44. The maximum atomic E-state index is 14.0. The summed E-state index contributed by atoms with van der Waals surface area (Å²) in [5.41, 5.74) is 0.314. The maximum Gasteiger partial charge on any atom is 0.454 e. The number of nitrogens with zero attached hydrogens (tertiary/aromatic N) is 2. The lowest BCUT2D eigenvalue weighted by atomic mass is 9.93. The molecule has 1 unspecified atom stereocenters. The molecule has 35 heavy (non-hydrogen) atoms. The van der Waals surface area contributed by atoms with E-state index in [1.165, 1.54) is 34.9 Å². The molecule has 1 N–H and O–H groups in total. The number of ketones is 1. The molecule has 0 fully saturated rings. The van der Waals surface area contributed by atoms with Crippen LogP contribution in [-0.4, -0.2) is 52.7 Å². The van der Waals surface area contributed by atoms with E-state index in [2.05, 4.69) is 5.32 Å². The molecule has 0 bridgehead atoms. The van der Waals surface area contributed by atoms with Crippen LogP contribution in [0.25, 0.3) is 0 Å². The summed E-state index contributed by atoms with van der Waals surface area (Å²) in [5, 5.41) is 2.46. The van der Waals surface area contributed by atoms with E-state index in [4.69, 9.17) is 11.6 Å². The molecule has 1 heterocycles. The largest absolute Gasteiger partial charge is 0.454 e. The van der Waals surface area contributed by atoms with Crippen LogP contribution in [0.3, 0.4) is 0 Å². The van der Waals surface area contributed by atoms with Crippen molar-refractivity contribution in [2.75, 3.05) is 13.1 Å². The number of alkyl halides is 3. The number of carbonyl (C=O) groups excluding carboxylic acids is 3. The van der Waals surface area contributed by atoms with E-state index in [0.29, 0.717) is 12.1 Å². The first-order valence-electron chi connectivity index (χ1n) is 11.1.